The first-order valence-corrected chi connectivity index (χ1v) is 7.92. The van der Waals surface area contributed by atoms with E-state index in [-0.39, 0.29) is 5.91 Å². The molecular weight excluding hydrogens is 290 g/mol. The zero-order valence-corrected chi connectivity index (χ0v) is 13.1. The number of hydrogen-bond donors (Lipinski definition) is 1. The molecule has 3 aromatic heterocycles. The lowest BCUT2D eigenvalue weighted by Gasteiger charge is -2.31. The van der Waals surface area contributed by atoms with E-state index in [0.717, 1.165) is 37.0 Å². The van der Waals surface area contributed by atoms with Crippen molar-refractivity contribution >= 4 is 16.9 Å². The Morgan fingerprint density at radius 1 is 1.35 bits per heavy atom. The number of piperidine rings is 1. The van der Waals surface area contributed by atoms with E-state index in [9.17, 15) is 4.79 Å². The highest BCUT2D eigenvalue weighted by Gasteiger charge is 2.26. The summed E-state index contributed by atoms with van der Waals surface area (Å²) < 4.78 is 1.66. The number of hydrogen-bond acceptors (Lipinski definition) is 3. The Bertz CT molecular complexity index is 808. The first-order valence-electron chi connectivity index (χ1n) is 7.92. The number of nitrogens with one attached hydrogen (secondary N) is 1. The van der Waals surface area contributed by atoms with Crippen LogP contribution in [0.15, 0.2) is 36.8 Å². The molecule has 23 heavy (non-hydrogen) atoms. The third-order valence-corrected chi connectivity index (χ3v) is 4.59. The maximum Gasteiger partial charge on any atom is 0.257 e. The number of aromatic nitrogens is 4. The van der Waals surface area contributed by atoms with Gasteiger partial charge in [0.25, 0.3) is 5.91 Å². The van der Waals surface area contributed by atoms with E-state index in [0.29, 0.717) is 11.5 Å². The molecule has 0 aromatic carbocycles. The van der Waals surface area contributed by atoms with Crippen molar-refractivity contribution in [3.63, 3.8) is 0 Å². The Hall–Kier alpha value is -2.63. The third kappa shape index (κ3) is 2.60. The lowest BCUT2D eigenvalue weighted by atomic mass is 9.93. The fourth-order valence-corrected chi connectivity index (χ4v) is 3.31. The van der Waals surface area contributed by atoms with Crippen LogP contribution >= 0.6 is 0 Å². The molecular formula is C17H19N5O. The number of carbonyl (C=O) groups is 1. The van der Waals surface area contributed by atoms with Gasteiger partial charge in [-0.15, -0.1) is 0 Å². The van der Waals surface area contributed by atoms with E-state index >= 15 is 0 Å². The van der Waals surface area contributed by atoms with Crippen LogP contribution in [0.5, 0.6) is 0 Å². The highest BCUT2D eigenvalue weighted by atomic mass is 16.2. The van der Waals surface area contributed by atoms with E-state index < -0.39 is 0 Å². The molecule has 0 saturated carbocycles. The molecule has 4 rings (SSSR count). The second-order valence-corrected chi connectivity index (χ2v) is 6.14. The van der Waals surface area contributed by atoms with Crippen molar-refractivity contribution < 1.29 is 4.79 Å². The molecule has 0 radical (unpaired) electrons. The van der Waals surface area contributed by atoms with Gasteiger partial charge in [0, 0.05) is 49.5 Å². The minimum absolute atomic E-state index is 0.0786. The average molecular weight is 309 g/mol. The number of carbonyl (C=O) groups excluding carboxylic acids is 1. The van der Waals surface area contributed by atoms with Crippen LogP contribution < -0.4 is 0 Å². The van der Waals surface area contributed by atoms with Gasteiger partial charge >= 0.3 is 0 Å². The molecule has 6 heteroatoms. The van der Waals surface area contributed by atoms with Gasteiger partial charge in [-0.2, -0.15) is 5.10 Å². The summed E-state index contributed by atoms with van der Waals surface area (Å²) >= 11 is 0. The summed E-state index contributed by atoms with van der Waals surface area (Å²) in [6, 6.07) is 6.21. The largest absolute Gasteiger partial charge is 0.343 e. The summed E-state index contributed by atoms with van der Waals surface area (Å²) in [6.07, 6.45) is 7.16. The van der Waals surface area contributed by atoms with Crippen molar-refractivity contribution in [1.82, 2.24) is 24.6 Å². The summed E-state index contributed by atoms with van der Waals surface area (Å²) in [5, 5.41) is 5.23. The van der Waals surface area contributed by atoms with Crippen molar-refractivity contribution in [2.75, 3.05) is 13.1 Å². The first kappa shape index (κ1) is 14.0. The summed E-state index contributed by atoms with van der Waals surface area (Å²) in [5.41, 5.74) is 2.84. The number of H-pyrrole nitrogens is 1. The number of amides is 1. The number of nitrogens with zero attached hydrogens (tertiary/aromatic N) is 4. The van der Waals surface area contributed by atoms with Crippen LogP contribution in [0.1, 0.15) is 34.8 Å². The highest BCUT2D eigenvalue weighted by Crippen LogP contribution is 2.29. The minimum atomic E-state index is 0.0786. The van der Waals surface area contributed by atoms with Crippen molar-refractivity contribution in [3.05, 3.63) is 48.0 Å². The van der Waals surface area contributed by atoms with Crippen molar-refractivity contribution in [2.45, 2.75) is 18.8 Å². The zero-order chi connectivity index (χ0) is 15.8. The molecule has 0 aliphatic carbocycles. The average Bonchev–Trinajstić information content (AvgIpc) is 3.20. The van der Waals surface area contributed by atoms with Crippen LogP contribution in [-0.2, 0) is 7.05 Å². The van der Waals surface area contributed by atoms with Crippen LogP contribution in [0.3, 0.4) is 0 Å². The fourth-order valence-electron chi connectivity index (χ4n) is 3.31. The van der Waals surface area contributed by atoms with E-state index in [1.54, 1.807) is 23.3 Å². The van der Waals surface area contributed by atoms with Crippen LogP contribution in [-0.4, -0.2) is 43.6 Å². The lowest BCUT2D eigenvalue weighted by molar-refractivity contribution is 0.0712. The van der Waals surface area contributed by atoms with Gasteiger partial charge in [0.15, 0.2) is 0 Å². The standard InChI is InChI=1S/C17H19N5O/c1-21-11-14(10-19-21)17(23)22-7-4-12(5-8-22)15-9-13-3-2-6-18-16(13)20-15/h2-3,6,9-12H,4-5,7-8H2,1H3,(H,18,20). The van der Waals surface area contributed by atoms with Crippen molar-refractivity contribution in [3.8, 4) is 0 Å². The van der Waals surface area contributed by atoms with Gasteiger partial charge in [-0.3, -0.25) is 9.48 Å². The third-order valence-electron chi connectivity index (χ3n) is 4.59. The van der Waals surface area contributed by atoms with Gasteiger partial charge in [0.1, 0.15) is 5.65 Å². The summed E-state index contributed by atoms with van der Waals surface area (Å²) in [6.45, 7) is 1.56. The van der Waals surface area contributed by atoms with Crippen LogP contribution in [0.2, 0.25) is 0 Å². The minimum Gasteiger partial charge on any atom is -0.343 e. The van der Waals surface area contributed by atoms with Gasteiger partial charge < -0.3 is 9.88 Å². The molecule has 0 atom stereocenters. The highest BCUT2D eigenvalue weighted by molar-refractivity contribution is 5.93. The Labute approximate surface area is 134 Å². The molecule has 1 fully saturated rings. The van der Waals surface area contributed by atoms with Crippen LogP contribution in [0, 0.1) is 0 Å². The zero-order valence-electron chi connectivity index (χ0n) is 13.1. The van der Waals surface area contributed by atoms with Gasteiger partial charge in [-0.25, -0.2) is 4.98 Å². The van der Waals surface area contributed by atoms with Crippen LogP contribution in [0.25, 0.3) is 11.0 Å². The number of pyridine rings is 1. The monoisotopic (exact) mass is 309 g/mol. The molecule has 4 heterocycles. The maximum absolute atomic E-state index is 12.5. The molecule has 0 bridgehead atoms. The number of likely N-dealkylation sites (tertiary alicyclic amines) is 1. The number of rotatable bonds is 2. The second kappa shape index (κ2) is 5.53. The van der Waals surface area contributed by atoms with Crippen molar-refractivity contribution in [1.29, 1.82) is 0 Å². The lowest BCUT2D eigenvalue weighted by Crippen LogP contribution is -2.37. The molecule has 118 valence electrons. The predicted octanol–water partition coefficient (Wildman–Crippen LogP) is 2.32. The molecule has 6 nitrogen and oxygen atoms in total. The van der Waals surface area contributed by atoms with E-state index in [1.807, 2.05) is 18.0 Å². The SMILES string of the molecule is Cn1cc(C(=O)N2CCC(c3cc4cccnc4[nH]3)CC2)cn1. The van der Waals surface area contributed by atoms with Gasteiger partial charge in [-0.1, -0.05) is 0 Å². The number of fused-ring (bicyclic) bond motifs is 1. The number of aromatic amines is 1. The number of aryl methyl sites for hydroxylation is 1. The Morgan fingerprint density at radius 3 is 2.87 bits per heavy atom. The van der Waals surface area contributed by atoms with Gasteiger partial charge in [0.05, 0.1) is 11.8 Å². The summed E-state index contributed by atoms with van der Waals surface area (Å²) in [4.78, 5) is 22.1. The second-order valence-electron chi connectivity index (χ2n) is 6.14. The van der Waals surface area contributed by atoms with Gasteiger partial charge in [-0.05, 0) is 31.0 Å². The molecule has 3 aromatic rings. The van der Waals surface area contributed by atoms with E-state index in [1.165, 1.54) is 5.69 Å². The molecule has 1 aliphatic heterocycles. The predicted molar refractivity (Wildman–Crippen MR) is 87.2 cm³/mol. The Morgan fingerprint density at radius 2 is 2.17 bits per heavy atom. The smallest absolute Gasteiger partial charge is 0.257 e. The quantitative estimate of drug-likeness (QED) is 0.790. The topological polar surface area (TPSA) is 66.8 Å². The summed E-state index contributed by atoms with van der Waals surface area (Å²) in [7, 11) is 1.83. The van der Waals surface area contributed by atoms with Crippen LogP contribution in [0.4, 0.5) is 0 Å². The normalized spacial score (nSPS) is 16.1. The molecule has 1 aliphatic rings. The first-order chi connectivity index (χ1) is 11.2. The molecule has 1 N–H and O–H groups in total. The van der Waals surface area contributed by atoms with E-state index in [4.69, 9.17) is 0 Å². The molecule has 1 saturated heterocycles. The fraction of sp³-hybridized carbons (Fsp3) is 0.353. The molecule has 1 amide bonds. The Balaban J connectivity index is 1.45. The van der Waals surface area contributed by atoms with E-state index in [2.05, 4.69) is 27.2 Å². The maximum atomic E-state index is 12.5. The summed E-state index contributed by atoms with van der Waals surface area (Å²) in [5.74, 6) is 0.539. The van der Waals surface area contributed by atoms with Gasteiger partial charge in [0.2, 0.25) is 0 Å². The molecule has 0 spiro atoms. The van der Waals surface area contributed by atoms with Crippen molar-refractivity contribution in [2.24, 2.45) is 7.05 Å². The molecule has 0 unspecified atom stereocenters. The Kier molecular flexibility index (Phi) is 3.37.